The summed E-state index contributed by atoms with van der Waals surface area (Å²) in [5, 5.41) is 2.10. The van der Waals surface area contributed by atoms with E-state index in [9.17, 15) is 4.79 Å². The molecule has 118 valence electrons. The van der Waals surface area contributed by atoms with Crippen molar-refractivity contribution in [2.75, 3.05) is 11.4 Å². The van der Waals surface area contributed by atoms with E-state index in [0.29, 0.717) is 6.54 Å². The second-order valence-electron chi connectivity index (χ2n) is 5.91. The molecule has 1 aliphatic heterocycles. The number of anilines is 1. The minimum absolute atomic E-state index is 0.0462. The first kappa shape index (κ1) is 14.3. The van der Waals surface area contributed by atoms with Crippen molar-refractivity contribution in [3.8, 4) is 0 Å². The maximum Gasteiger partial charge on any atom is 0.258 e. The lowest BCUT2D eigenvalue weighted by atomic mass is 10.1. The quantitative estimate of drug-likeness (QED) is 0.684. The number of aryl methyl sites for hydroxylation is 2. The first-order chi connectivity index (χ1) is 11.1. The Morgan fingerprint density at radius 2 is 2.09 bits per heavy atom. The van der Waals surface area contributed by atoms with E-state index in [1.54, 1.807) is 29.3 Å². The average Bonchev–Trinajstić information content (AvgIpc) is 2.94. The van der Waals surface area contributed by atoms with Crippen molar-refractivity contribution >= 4 is 27.4 Å². The van der Waals surface area contributed by atoms with Crippen molar-refractivity contribution in [3.63, 3.8) is 0 Å². The van der Waals surface area contributed by atoms with Gasteiger partial charge in [0, 0.05) is 20.0 Å². The van der Waals surface area contributed by atoms with Gasteiger partial charge in [0.15, 0.2) is 0 Å². The van der Waals surface area contributed by atoms with Gasteiger partial charge in [0.2, 0.25) is 0 Å². The van der Waals surface area contributed by atoms with Gasteiger partial charge in [-0.15, -0.1) is 11.3 Å². The zero-order valence-electron chi connectivity index (χ0n) is 13.3. The van der Waals surface area contributed by atoms with Gasteiger partial charge in [0.05, 0.1) is 28.0 Å². The molecule has 0 atom stereocenters. The zero-order valence-corrected chi connectivity index (χ0v) is 14.1. The minimum Gasteiger partial charge on any atom is -0.350 e. The molecule has 0 aromatic carbocycles. The molecule has 0 saturated carbocycles. The predicted octanol–water partition coefficient (Wildman–Crippen LogP) is 1.96. The molecule has 7 heteroatoms. The fourth-order valence-corrected chi connectivity index (χ4v) is 4.07. The molecule has 6 nitrogen and oxygen atoms in total. The third kappa shape index (κ3) is 2.15. The lowest BCUT2D eigenvalue weighted by Gasteiger charge is -2.29. The van der Waals surface area contributed by atoms with Gasteiger partial charge in [-0.05, 0) is 24.8 Å². The molecule has 3 aromatic heterocycles. The molecular formula is C16H17N5OS. The van der Waals surface area contributed by atoms with Crippen LogP contribution in [0.3, 0.4) is 0 Å². The van der Waals surface area contributed by atoms with Crippen molar-refractivity contribution in [3.05, 3.63) is 44.7 Å². The molecule has 0 spiro atoms. The number of nitrogens with zero attached hydrogens (tertiary/aromatic N) is 5. The van der Waals surface area contributed by atoms with Crippen LogP contribution in [-0.4, -0.2) is 26.1 Å². The highest BCUT2D eigenvalue weighted by Gasteiger charge is 2.24. The number of aromatic nitrogens is 4. The van der Waals surface area contributed by atoms with E-state index in [1.807, 2.05) is 6.92 Å². The van der Waals surface area contributed by atoms with E-state index in [1.165, 1.54) is 5.56 Å². The second-order valence-corrected chi connectivity index (χ2v) is 6.79. The van der Waals surface area contributed by atoms with Gasteiger partial charge in [-0.2, -0.15) is 0 Å². The van der Waals surface area contributed by atoms with Gasteiger partial charge in [-0.1, -0.05) is 0 Å². The number of hydrogen-bond acceptors (Lipinski definition) is 6. The molecule has 1 aliphatic rings. The molecule has 0 unspecified atom stereocenters. The van der Waals surface area contributed by atoms with Crippen LogP contribution >= 0.6 is 11.3 Å². The SMILES string of the molecule is Cc1csc2c(N3CCc4nc(C)n(C)c(=O)c4C3)ncnc12. The molecule has 0 radical (unpaired) electrons. The Balaban J connectivity index is 1.81. The summed E-state index contributed by atoms with van der Waals surface area (Å²) in [5.74, 6) is 1.68. The molecule has 0 fully saturated rings. The Bertz CT molecular complexity index is 974. The van der Waals surface area contributed by atoms with Crippen LogP contribution in [0.2, 0.25) is 0 Å². The van der Waals surface area contributed by atoms with Crippen molar-refractivity contribution in [2.45, 2.75) is 26.8 Å². The largest absolute Gasteiger partial charge is 0.350 e. The van der Waals surface area contributed by atoms with Gasteiger partial charge in [-0.25, -0.2) is 15.0 Å². The maximum absolute atomic E-state index is 12.5. The predicted molar refractivity (Wildman–Crippen MR) is 91.1 cm³/mol. The molecule has 0 amide bonds. The van der Waals surface area contributed by atoms with E-state index in [4.69, 9.17) is 0 Å². The topological polar surface area (TPSA) is 63.9 Å². The standard InChI is InChI=1S/C16H17N5OS/c1-9-7-23-14-13(9)17-8-18-15(14)21-5-4-12-11(6-21)16(22)20(3)10(2)19-12/h7-8H,4-6H2,1-3H3. The lowest BCUT2D eigenvalue weighted by molar-refractivity contribution is 0.651. The molecular weight excluding hydrogens is 310 g/mol. The third-order valence-corrected chi connectivity index (χ3v) is 5.56. The first-order valence-electron chi connectivity index (χ1n) is 7.55. The summed E-state index contributed by atoms with van der Waals surface area (Å²) >= 11 is 1.66. The summed E-state index contributed by atoms with van der Waals surface area (Å²) in [5.41, 5.74) is 3.92. The summed E-state index contributed by atoms with van der Waals surface area (Å²) in [6.45, 7) is 5.30. The van der Waals surface area contributed by atoms with Crippen LogP contribution in [0, 0.1) is 13.8 Å². The van der Waals surface area contributed by atoms with Crippen LogP contribution in [0.15, 0.2) is 16.5 Å². The number of hydrogen-bond donors (Lipinski definition) is 0. The molecule has 23 heavy (non-hydrogen) atoms. The summed E-state index contributed by atoms with van der Waals surface area (Å²) in [6.07, 6.45) is 2.38. The molecule has 3 aromatic rings. The van der Waals surface area contributed by atoms with Gasteiger partial charge >= 0.3 is 0 Å². The van der Waals surface area contributed by atoms with Crippen molar-refractivity contribution in [1.82, 2.24) is 19.5 Å². The van der Waals surface area contributed by atoms with Crippen molar-refractivity contribution in [1.29, 1.82) is 0 Å². The van der Waals surface area contributed by atoms with Crippen LogP contribution in [0.1, 0.15) is 22.6 Å². The normalized spacial score (nSPS) is 14.3. The number of thiophene rings is 1. The fraction of sp³-hybridized carbons (Fsp3) is 0.375. The van der Waals surface area contributed by atoms with Crippen LogP contribution in [-0.2, 0) is 20.0 Å². The summed E-state index contributed by atoms with van der Waals surface area (Å²) in [4.78, 5) is 28.1. The number of fused-ring (bicyclic) bond motifs is 2. The van der Waals surface area contributed by atoms with E-state index >= 15 is 0 Å². The number of rotatable bonds is 1. The van der Waals surface area contributed by atoms with E-state index in [0.717, 1.165) is 46.1 Å². The fourth-order valence-electron chi connectivity index (χ4n) is 3.05. The second kappa shape index (κ2) is 5.13. The Labute approximate surface area is 137 Å². The van der Waals surface area contributed by atoms with E-state index < -0.39 is 0 Å². The third-order valence-electron chi connectivity index (χ3n) is 4.47. The van der Waals surface area contributed by atoms with Crippen LogP contribution in [0.4, 0.5) is 5.82 Å². The highest BCUT2D eigenvalue weighted by Crippen LogP contribution is 2.32. The van der Waals surface area contributed by atoms with Gasteiger partial charge in [0.1, 0.15) is 18.0 Å². The summed E-state index contributed by atoms with van der Waals surface area (Å²) < 4.78 is 2.71. The minimum atomic E-state index is 0.0462. The van der Waals surface area contributed by atoms with Crippen LogP contribution in [0.25, 0.3) is 10.2 Å². The molecule has 4 heterocycles. The molecule has 0 N–H and O–H groups in total. The van der Waals surface area contributed by atoms with Crippen LogP contribution in [0.5, 0.6) is 0 Å². The first-order valence-corrected chi connectivity index (χ1v) is 8.43. The van der Waals surface area contributed by atoms with Gasteiger partial charge < -0.3 is 4.90 Å². The van der Waals surface area contributed by atoms with Crippen LogP contribution < -0.4 is 10.5 Å². The molecule has 0 bridgehead atoms. The highest BCUT2D eigenvalue weighted by molar-refractivity contribution is 7.18. The van der Waals surface area contributed by atoms with Gasteiger partial charge in [-0.3, -0.25) is 9.36 Å². The Morgan fingerprint density at radius 1 is 1.26 bits per heavy atom. The Kier molecular flexibility index (Phi) is 3.19. The summed E-state index contributed by atoms with van der Waals surface area (Å²) in [6, 6.07) is 0. The molecule has 4 rings (SSSR count). The smallest absolute Gasteiger partial charge is 0.258 e. The Hall–Kier alpha value is -2.28. The highest BCUT2D eigenvalue weighted by atomic mass is 32.1. The monoisotopic (exact) mass is 327 g/mol. The van der Waals surface area contributed by atoms with Gasteiger partial charge in [0.25, 0.3) is 5.56 Å². The van der Waals surface area contributed by atoms with Crippen molar-refractivity contribution < 1.29 is 0 Å². The average molecular weight is 327 g/mol. The molecule has 0 aliphatic carbocycles. The molecule has 0 saturated heterocycles. The van der Waals surface area contributed by atoms with E-state index in [2.05, 4.69) is 32.2 Å². The Morgan fingerprint density at radius 3 is 2.91 bits per heavy atom. The summed E-state index contributed by atoms with van der Waals surface area (Å²) in [7, 11) is 1.77. The lowest BCUT2D eigenvalue weighted by Crippen LogP contribution is -2.38. The maximum atomic E-state index is 12.5. The van der Waals surface area contributed by atoms with Crippen molar-refractivity contribution in [2.24, 2.45) is 7.05 Å². The van der Waals surface area contributed by atoms with E-state index in [-0.39, 0.29) is 5.56 Å². The zero-order chi connectivity index (χ0) is 16.1.